The molecule has 0 fully saturated rings. The maximum Gasteiger partial charge on any atom is 0.258 e. The normalized spacial score (nSPS) is 12.2. The number of rotatable bonds is 5. The molecule has 134 valence electrons. The number of amides is 1. The van der Waals surface area contributed by atoms with Gasteiger partial charge in [-0.3, -0.25) is 15.1 Å². The minimum absolute atomic E-state index is 0.186. The molecule has 0 radical (unpaired) electrons. The fourth-order valence-corrected chi connectivity index (χ4v) is 4.07. The van der Waals surface area contributed by atoms with Gasteiger partial charge in [0, 0.05) is 22.9 Å². The maximum atomic E-state index is 12.7. The zero-order valence-corrected chi connectivity index (χ0v) is 16.5. The first-order valence-corrected chi connectivity index (χ1v) is 11.1. The second-order valence-corrected chi connectivity index (χ2v) is 9.78. The molecule has 26 heavy (non-hydrogen) atoms. The third kappa shape index (κ3) is 4.55. The Morgan fingerprint density at radius 1 is 1.23 bits per heavy atom. The Morgan fingerprint density at radius 2 is 1.96 bits per heavy atom. The van der Waals surface area contributed by atoms with Gasteiger partial charge in [0.05, 0.1) is 16.6 Å². The van der Waals surface area contributed by atoms with Crippen molar-refractivity contribution in [3.63, 3.8) is 0 Å². The van der Waals surface area contributed by atoms with Crippen molar-refractivity contribution >= 4 is 66.8 Å². The predicted octanol–water partition coefficient (Wildman–Crippen LogP) is 3.84. The van der Waals surface area contributed by atoms with E-state index in [0.29, 0.717) is 20.6 Å². The topological polar surface area (TPSA) is 89.0 Å². The Bertz CT molecular complexity index is 1060. The number of hydrogen-bond donors (Lipinski definition) is 1. The van der Waals surface area contributed by atoms with Crippen LogP contribution in [0.2, 0.25) is 4.34 Å². The average molecular weight is 426 g/mol. The molecule has 3 aromatic rings. The molecule has 0 unspecified atom stereocenters. The minimum atomic E-state index is -3.31. The van der Waals surface area contributed by atoms with Crippen molar-refractivity contribution in [2.45, 2.75) is 4.90 Å². The number of nitrogens with one attached hydrogen (secondary N) is 1. The summed E-state index contributed by atoms with van der Waals surface area (Å²) in [6, 6.07) is 6.13. The van der Waals surface area contributed by atoms with Crippen LogP contribution < -0.4 is 5.32 Å². The van der Waals surface area contributed by atoms with E-state index in [1.54, 1.807) is 29.9 Å². The molecule has 1 N–H and O–H groups in total. The minimum Gasteiger partial charge on any atom is -0.298 e. The monoisotopic (exact) mass is 425 g/mol. The molecule has 0 saturated heterocycles. The van der Waals surface area contributed by atoms with Gasteiger partial charge in [0.15, 0.2) is 15.0 Å². The van der Waals surface area contributed by atoms with E-state index in [4.69, 9.17) is 11.6 Å². The van der Waals surface area contributed by atoms with Crippen LogP contribution in [0.25, 0.3) is 11.6 Å². The predicted molar refractivity (Wildman–Crippen MR) is 105 cm³/mol. The molecule has 0 bridgehead atoms. The van der Waals surface area contributed by atoms with Crippen LogP contribution in [0.15, 0.2) is 47.1 Å². The van der Waals surface area contributed by atoms with Gasteiger partial charge in [-0.25, -0.2) is 13.4 Å². The summed E-state index contributed by atoms with van der Waals surface area (Å²) < 4.78 is 23.7. The molecule has 0 aliphatic heterocycles. The van der Waals surface area contributed by atoms with Crippen LogP contribution in [0.5, 0.6) is 0 Å². The highest BCUT2D eigenvalue weighted by Gasteiger charge is 2.16. The lowest BCUT2D eigenvalue weighted by molar-refractivity contribution is -0.111. The van der Waals surface area contributed by atoms with E-state index in [0.717, 1.165) is 22.5 Å². The van der Waals surface area contributed by atoms with Crippen LogP contribution in [-0.4, -0.2) is 30.5 Å². The standard InChI is InChI=1S/C16H12ClN3O3S3/c1-26(22,23)12-4-2-10(3-5-12)13(6-11-7-18-9-24-11)15(21)20-16-19-8-14(17)25-16/h2-9H,1H3,(H,19,20,21). The smallest absolute Gasteiger partial charge is 0.258 e. The van der Waals surface area contributed by atoms with Crippen molar-refractivity contribution in [2.75, 3.05) is 11.6 Å². The molecule has 2 aromatic heterocycles. The van der Waals surface area contributed by atoms with Crippen LogP contribution >= 0.6 is 34.3 Å². The Hall–Kier alpha value is -2.07. The van der Waals surface area contributed by atoms with E-state index in [-0.39, 0.29) is 10.8 Å². The van der Waals surface area contributed by atoms with E-state index in [1.165, 1.54) is 29.7 Å². The number of carbonyl (C=O) groups excluding carboxylic acids is 1. The van der Waals surface area contributed by atoms with E-state index in [2.05, 4.69) is 15.3 Å². The van der Waals surface area contributed by atoms with Crippen molar-refractivity contribution in [3.05, 3.63) is 56.9 Å². The number of thiazole rings is 2. The van der Waals surface area contributed by atoms with Crippen LogP contribution in [-0.2, 0) is 14.6 Å². The van der Waals surface area contributed by atoms with Gasteiger partial charge in [0.25, 0.3) is 5.91 Å². The number of aromatic nitrogens is 2. The molecule has 1 aromatic carbocycles. The Labute approximate surface area is 163 Å². The molecule has 0 spiro atoms. The Balaban J connectivity index is 1.97. The zero-order chi connectivity index (χ0) is 18.7. The van der Waals surface area contributed by atoms with Crippen LogP contribution in [0.1, 0.15) is 10.4 Å². The van der Waals surface area contributed by atoms with Gasteiger partial charge < -0.3 is 0 Å². The van der Waals surface area contributed by atoms with Crippen molar-refractivity contribution in [1.29, 1.82) is 0 Å². The van der Waals surface area contributed by atoms with Crippen molar-refractivity contribution in [2.24, 2.45) is 0 Å². The molecule has 0 aliphatic carbocycles. The maximum absolute atomic E-state index is 12.7. The van der Waals surface area contributed by atoms with E-state index in [1.807, 2.05) is 0 Å². The number of anilines is 1. The second kappa shape index (κ2) is 7.67. The summed E-state index contributed by atoms with van der Waals surface area (Å²) in [6.45, 7) is 0. The van der Waals surface area contributed by atoms with Gasteiger partial charge in [-0.1, -0.05) is 35.1 Å². The highest BCUT2D eigenvalue weighted by molar-refractivity contribution is 7.90. The van der Waals surface area contributed by atoms with Crippen molar-refractivity contribution in [3.8, 4) is 0 Å². The first-order chi connectivity index (χ1) is 12.3. The summed E-state index contributed by atoms with van der Waals surface area (Å²) in [4.78, 5) is 21.7. The number of nitrogens with zero attached hydrogens (tertiary/aromatic N) is 2. The van der Waals surface area contributed by atoms with Gasteiger partial charge in [0.1, 0.15) is 4.34 Å². The summed E-state index contributed by atoms with van der Waals surface area (Å²) in [5, 5.41) is 3.08. The summed E-state index contributed by atoms with van der Waals surface area (Å²) in [6.07, 6.45) is 5.92. The molecular weight excluding hydrogens is 414 g/mol. The first kappa shape index (κ1) is 18.7. The van der Waals surface area contributed by atoms with E-state index >= 15 is 0 Å². The number of sulfone groups is 1. The van der Waals surface area contributed by atoms with Crippen molar-refractivity contribution < 1.29 is 13.2 Å². The third-order valence-corrected chi connectivity index (χ3v) is 6.16. The highest BCUT2D eigenvalue weighted by Crippen LogP contribution is 2.26. The summed E-state index contributed by atoms with van der Waals surface area (Å²) >= 11 is 8.37. The van der Waals surface area contributed by atoms with Crippen LogP contribution in [0, 0.1) is 0 Å². The lowest BCUT2D eigenvalue weighted by atomic mass is 10.0. The van der Waals surface area contributed by atoms with Gasteiger partial charge >= 0.3 is 0 Å². The van der Waals surface area contributed by atoms with Gasteiger partial charge in [-0.15, -0.1) is 11.3 Å². The molecule has 0 aliphatic rings. The molecule has 0 atom stereocenters. The average Bonchev–Trinajstić information content (AvgIpc) is 3.23. The lowest BCUT2D eigenvalue weighted by Crippen LogP contribution is -2.13. The number of benzene rings is 1. The second-order valence-electron chi connectivity index (χ2n) is 5.18. The molecule has 3 rings (SSSR count). The number of carbonyl (C=O) groups is 1. The third-order valence-electron chi connectivity index (χ3n) is 3.27. The quantitative estimate of drug-likeness (QED) is 0.627. The fourth-order valence-electron chi connectivity index (χ4n) is 2.08. The lowest BCUT2D eigenvalue weighted by Gasteiger charge is -2.08. The Kier molecular flexibility index (Phi) is 5.52. The zero-order valence-electron chi connectivity index (χ0n) is 13.3. The molecule has 1 amide bonds. The Morgan fingerprint density at radius 3 is 2.50 bits per heavy atom. The van der Waals surface area contributed by atoms with Crippen LogP contribution in [0.3, 0.4) is 0 Å². The fraction of sp³-hybridized carbons (Fsp3) is 0.0625. The first-order valence-electron chi connectivity index (χ1n) is 7.16. The van der Waals surface area contributed by atoms with Crippen LogP contribution in [0.4, 0.5) is 5.13 Å². The van der Waals surface area contributed by atoms with Gasteiger partial charge in [0.2, 0.25) is 0 Å². The highest BCUT2D eigenvalue weighted by atomic mass is 35.5. The van der Waals surface area contributed by atoms with Crippen molar-refractivity contribution in [1.82, 2.24) is 9.97 Å². The van der Waals surface area contributed by atoms with E-state index in [9.17, 15) is 13.2 Å². The molecule has 0 saturated carbocycles. The summed E-state index contributed by atoms with van der Waals surface area (Å²) in [5.41, 5.74) is 2.60. The molecule has 2 heterocycles. The largest absolute Gasteiger partial charge is 0.298 e. The SMILES string of the molecule is CS(=O)(=O)c1ccc(C(=Cc2cncs2)C(=O)Nc2ncc(Cl)s2)cc1. The molecular formula is C16H12ClN3O3S3. The molecule has 10 heteroatoms. The van der Waals surface area contributed by atoms with Gasteiger partial charge in [-0.05, 0) is 23.8 Å². The summed E-state index contributed by atoms with van der Waals surface area (Å²) in [5.74, 6) is -0.378. The summed E-state index contributed by atoms with van der Waals surface area (Å²) in [7, 11) is -3.31. The number of halogens is 1. The number of hydrogen-bond acceptors (Lipinski definition) is 7. The molecule has 6 nitrogen and oxygen atoms in total. The van der Waals surface area contributed by atoms with E-state index < -0.39 is 9.84 Å². The van der Waals surface area contributed by atoms with Gasteiger partial charge in [-0.2, -0.15) is 0 Å².